The second kappa shape index (κ2) is 23.6. The van der Waals surface area contributed by atoms with Crippen molar-refractivity contribution in [2.24, 2.45) is 0 Å². The molecular weight excluding hydrogens is 1140 g/mol. The van der Waals surface area contributed by atoms with Crippen molar-refractivity contribution in [3.05, 3.63) is 296 Å². The van der Waals surface area contributed by atoms with Gasteiger partial charge in [0, 0.05) is 52.7 Å². The van der Waals surface area contributed by atoms with Crippen LogP contribution in [-0.4, -0.2) is 28.3 Å². The molecule has 15 rings (SSSR count). The minimum absolute atomic E-state index is 0.336. The SMILES string of the molecule is Brc1cc2cc3ccccc3nc2c2ccccc12.CC1(C)OB(c2cccc(P(c3ccccc3)c3ccccc3)c2)OC1(C)C.O=P(c1ccccc1)(c1ccccc1)c1cccc(-c2cc3cc4ccccc4nc3c3ccccc23)c1. The van der Waals surface area contributed by atoms with Crippen LogP contribution in [0.5, 0.6) is 0 Å². The van der Waals surface area contributed by atoms with Gasteiger partial charge in [-0.1, -0.05) is 265 Å². The van der Waals surface area contributed by atoms with Gasteiger partial charge in [-0.15, -0.1) is 0 Å². The molecule has 1 aliphatic rings. The van der Waals surface area contributed by atoms with Crippen LogP contribution in [-0.2, 0) is 13.9 Å². The lowest BCUT2D eigenvalue weighted by Crippen LogP contribution is -2.41. The van der Waals surface area contributed by atoms with Gasteiger partial charge in [0.05, 0.1) is 33.3 Å². The predicted octanol–water partition coefficient (Wildman–Crippen LogP) is 16.9. The van der Waals surface area contributed by atoms with Crippen LogP contribution in [0.15, 0.2) is 296 Å². The third-order valence-electron chi connectivity index (χ3n) is 16.4. The van der Waals surface area contributed by atoms with E-state index in [2.05, 4.69) is 238 Å². The zero-order chi connectivity index (χ0) is 58.1. The average Bonchev–Trinajstić information content (AvgIpc) is 3.33. The number of hydrogen-bond donors (Lipinski definition) is 0. The fourth-order valence-corrected chi connectivity index (χ4v) is 17.0. The summed E-state index contributed by atoms with van der Waals surface area (Å²) >= 11 is 3.65. The Kier molecular flexibility index (Phi) is 15.5. The van der Waals surface area contributed by atoms with E-state index in [1.165, 1.54) is 37.5 Å². The van der Waals surface area contributed by atoms with Crippen LogP contribution < -0.4 is 37.3 Å². The number of rotatable bonds is 8. The lowest BCUT2D eigenvalue weighted by atomic mass is 9.79. The van der Waals surface area contributed by atoms with Crippen molar-refractivity contribution in [3.8, 4) is 11.1 Å². The average molecular weight is 1200 g/mol. The molecule has 0 atom stereocenters. The largest absolute Gasteiger partial charge is 0.494 e. The van der Waals surface area contributed by atoms with Crippen LogP contribution in [0.2, 0.25) is 0 Å². The lowest BCUT2D eigenvalue weighted by molar-refractivity contribution is 0.00578. The number of benzene rings is 12. The maximum atomic E-state index is 15.0. The highest BCUT2D eigenvalue weighted by Gasteiger charge is 2.51. The quantitative estimate of drug-likeness (QED) is 0.0657. The summed E-state index contributed by atoms with van der Waals surface area (Å²) < 4.78 is 28.7. The Morgan fingerprint density at radius 3 is 1.36 bits per heavy atom. The Balaban J connectivity index is 0.000000126. The fourth-order valence-electron chi connectivity index (χ4n) is 11.4. The van der Waals surface area contributed by atoms with E-state index in [0.717, 1.165) is 80.6 Å². The van der Waals surface area contributed by atoms with Gasteiger partial charge in [-0.2, -0.15) is 0 Å². The molecule has 85 heavy (non-hydrogen) atoms. The smallest absolute Gasteiger partial charge is 0.399 e. The minimum atomic E-state index is -3.08. The lowest BCUT2D eigenvalue weighted by Gasteiger charge is -2.32. The maximum Gasteiger partial charge on any atom is 0.494 e. The van der Waals surface area contributed by atoms with Crippen LogP contribution in [0, 0.1) is 0 Å². The number of fused-ring (bicyclic) bond motifs is 8. The first-order chi connectivity index (χ1) is 41.4. The summed E-state index contributed by atoms with van der Waals surface area (Å²) in [5.74, 6) is 0. The highest BCUT2D eigenvalue weighted by atomic mass is 79.9. The fraction of sp³-hybridized carbons (Fsp3) is 0.0789. The summed E-state index contributed by atoms with van der Waals surface area (Å²) in [6.07, 6.45) is 0. The molecule has 1 fully saturated rings. The van der Waals surface area contributed by atoms with E-state index in [9.17, 15) is 0 Å². The van der Waals surface area contributed by atoms with Gasteiger partial charge in [0.15, 0.2) is 7.14 Å². The summed E-state index contributed by atoms with van der Waals surface area (Å²) in [6.45, 7) is 8.38. The number of nitrogens with zero attached hydrogens (tertiary/aromatic N) is 2. The normalized spacial score (nSPS) is 13.7. The molecule has 0 spiro atoms. The first-order valence-corrected chi connectivity index (χ1v) is 32.5. The van der Waals surface area contributed by atoms with E-state index < -0.39 is 15.1 Å². The van der Waals surface area contributed by atoms with E-state index in [-0.39, 0.29) is 18.3 Å². The molecule has 1 aliphatic heterocycles. The van der Waals surface area contributed by atoms with Crippen molar-refractivity contribution in [2.45, 2.75) is 38.9 Å². The van der Waals surface area contributed by atoms with E-state index in [0.29, 0.717) is 0 Å². The molecular formula is C76H60BBrN2O3P2. The third kappa shape index (κ3) is 11.0. The second-order valence-electron chi connectivity index (χ2n) is 22.4. The number of hydrogen-bond acceptors (Lipinski definition) is 5. The number of aromatic nitrogens is 2. The van der Waals surface area contributed by atoms with Crippen molar-refractivity contribution < 1.29 is 13.9 Å². The van der Waals surface area contributed by atoms with Crippen molar-refractivity contribution >= 4 is 141 Å². The summed E-state index contributed by atoms with van der Waals surface area (Å²) in [5, 5.41) is 15.7. The Morgan fingerprint density at radius 2 is 0.812 bits per heavy atom. The van der Waals surface area contributed by atoms with Gasteiger partial charge in [0.25, 0.3) is 0 Å². The Hall–Kier alpha value is -8.38. The van der Waals surface area contributed by atoms with E-state index in [1.807, 2.05) is 97.1 Å². The molecule has 0 radical (unpaired) electrons. The second-order valence-corrected chi connectivity index (χ2v) is 28.2. The highest BCUT2D eigenvalue weighted by molar-refractivity contribution is 9.10. The Labute approximate surface area is 506 Å². The molecule has 412 valence electrons. The van der Waals surface area contributed by atoms with Crippen molar-refractivity contribution in [2.75, 3.05) is 0 Å². The monoisotopic (exact) mass is 1200 g/mol. The summed E-state index contributed by atoms with van der Waals surface area (Å²) in [4.78, 5) is 9.86. The summed E-state index contributed by atoms with van der Waals surface area (Å²) in [5.41, 5.74) is 6.66. The predicted molar refractivity (Wildman–Crippen MR) is 367 cm³/mol. The van der Waals surface area contributed by atoms with Gasteiger partial charge >= 0.3 is 7.12 Å². The summed E-state index contributed by atoms with van der Waals surface area (Å²) in [7, 11) is -4.05. The van der Waals surface area contributed by atoms with Crippen molar-refractivity contribution in [3.63, 3.8) is 0 Å². The highest BCUT2D eigenvalue weighted by Crippen LogP contribution is 2.44. The van der Waals surface area contributed by atoms with Crippen LogP contribution >= 0.6 is 31.0 Å². The van der Waals surface area contributed by atoms with Gasteiger partial charge in [-0.05, 0) is 121 Å². The van der Waals surface area contributed by atoms with Crippen molar-refractivity contribution in [1.29, 1.82) is 0 Å². The van der Waals surface area contributed by atoms with Crippen LogP contribution in [0.4, 0.5) is 0 Å². The van der Waals surface area contributed by atoms with Gasteiger partial charge in [-0.25, -0.2) is 9.97 Å². The van der Waals surface area contributed by atoms with E-state index >= 15 is 4.57 Å². The number of halogens is 1. The molecule has 0 saturated carbocycles. The Bertz CT molecular complexity index is 4700. The molecule has 0 amide bonds. The molecule has 3 heterocycles. The topological polar surface area (TPSA) is 61.3 Å². The zero-order valence-corrected chi connectivity index (χ0v) is 51.1. The molecule has 0 N–H and O–H groups in total. The van der Waals surface area contributed by atoms with Crippen LogP contribution in [0.25, 0.3) is 76.3 Å². The van der Waals surface area contributed by atoms with Gasteiger partial charge in [-0.3, -0.25) is 0 Å². The minimum Gasteiger partial charge on any atom is -0.399 e. The Morgan fingerprint density at radius 1 is 0.388 bits per heavy atom. The molecule has 2 aromatic heterocycles. The maximum absolute atomic E-state index is 15.0. The molecule has 0 bridgehead atoms. The van der Waals surface area contributed by atoms with E-state index in [4.69, 9.17) is 19.3 Å². The van der Waals surface area contributed by atoms with Gasteiger partial charge < -0.3 is 13.9 Å². The number of para-hydroxylation sites is 2. The molecule has 5 nitrogen and oxygen atoms in total. The molecule has 9 heteroatoms. The molecule has 0 unspecified atom stereocenters. The van der Waals surface area contributed by atoms with Crippen LogP contribution in [0.1, 0.15) is 27.7 Å². The van der Waals surface area contributed by atoms with Crippen molar-refractivity contribution in [1.82, 2.24) is 9.97 Å². The first kappa shape index (κ1) is 55.8. The summed E-state index contributed by atoms with van der Waals surface area (Å²) in [6, 6.07) is 100. The molecule has 12 aromatic carbocycles. The first-order valence-electron chi connectivity index (χ1n) is 28.7. The number of pyridine rings is 2. The zero-order valence-electron chi connectivity index (χ0n) is 47.7. The standard InChI is InChI=1S/C35H24NOP.C24H26BO2P.C17H10BrN/c37-38(28-14-3-1-4-15-28,29-16-5-2-6-17-29)30-18-11-13-25(23-30)33-24-27-22-26-12-7-10-21-34(26)36-35(27)32-20-9-8-19-31(32)33;1-23(2)24(3,4)27-25(26-23)19-12-11-17-22(18-19)28(20-13-7-5-8-14-20)21-15-9-6-10-16-21;18-15-10-12-9-11-5-1-4-8-16(11)19-17(12)14-7-3-2-6-13(14)15/h1-24H;5-18H,1-4H3;1-10H. The molecule has 0 aliphatic carbocycles. The third-order valence-corrected chi connectivity index (χ3v) is 22.6. The van der Waals surface area contributed by atoms with E-state index in [1.54, 1.807) is 0 Å². The van der Waals surface area contributed by atoms with Crippen LogP contribution in [0.3, 0.4) is 0 Å². The van der Waals surface area contributed by atoms with Gasteiger partial charge in [0.1, 0.15) is 0 Å². The van der Waals surface area contributed by atoms with Gasteiger partial charge in [0.2, 0.25) is 0 Å². The molecule has 1 saturated heterocycles. The molecule has 14 aromatic rings.